The minimum absolute atomic E-state index is 0.0761. The fourth-order valence-corrected chi connectivity index (χ4v) is 5.32. The quantitative estimate of drug-likeness (QED) is 0.242. The number of aromatic hydroxyl groups is 1. The Labute approximate surface area is 263 Å². The molecule has 44 heavy (non-hydrogen) atoms. The average Bonchev–Trinajstić information content (AvgIpc) is 3.68. The summed E-state index contributed by atoms with van der Waals surface area (Å²) in [4.78, 5) is 43.4. The summed E-state index contributed by atoms with van der Waals surface area (Å²) in [6, 6.07) is 16.2. The Hall–Kier alpha value is -4.48. The van der Waals surface area contributed by atoms with E-state index in [9.17, 15) is 19.5 Å². The predicted octanol–water partition coefficient (Wildman–Crippen LogP) is 6.39. The number of alkyl carbamates (subject to hydrolysis) is 1. The first-order chi connectivity index (χ1) is 20.8. The van der Waals surface area contributed by atoms with Crippen LogP contribution in [0.2, 0.25) is 5.02 Å². The number of ether oxygens (including phenoxy) is 1. The zero-order valence-corrected chi connectivity index (χ0v) is 26.3. The van der Waals surface area contributed by atoms with Crippen LogP contribution in [0.3, 0.4) is 0 Å². The molecule has 8 nitrogen and oxygen atoms in total. The molecule has 230 valence electrons. The Kier molecular flexibility index (Phi) is 9.91. The second-order valence-electron chi connectivity index (χ2n) is 12.2. The molecule has 0 heterocycles. The maximum atomic E-state index is 14.6. The molecule has 1 saturated carbocycles. The van der Waals surface area contributed by atoms with E-state index in [0.717, 1.165) is 5.56 Å². The van der Waals surface area contributed by atoms with Gasteiger partial charge in [0.05, 0.1) is 10.7 Å². The number of carbonyl (C=O) groups is 3. The number of amides is 3. The third-order valence-electron chi connectivity index (χ3n) is 7.43. The molecule has 0 bridgehead atoms. The van der Waals surface area contributed by atoms with Crippen molar-refractivity contribution in [2.24, 2.45) is 5.92 Å². The molecule has 0 aromatic heterocycles. The summed E-state index contributed by atoms with van der Waals surface area (Å²) in [6.45, 7) is 9.05. The summed E-state index contributed by atoms with van der Waals surface area (Å²) >= 11 is 6.47. The first-order valence-electron chi connectivity index (χ1n) is 14.5. The summed E-state index contributed by atoms with van der Waals surface area (Å²) in [7, 11) is 0. The minimum Gasteiger partial charge on any atom is -0.508 e. The molecule has 3 aromatic carbocycles. The van der Waals surface area contributed by atoms with Gasteiger partial charge in [0, 0.05) is 18.0 Å². The fourth-order valence-electron chi connectivity index (χ4n) is 5.05. The molecule has 0 radical (unpaired) electrons. The summed E-state index contributed by atoms with van der Waals surface area (Å²) in [5, 5.41) is 15.9. The number of benzene rings is 3. The van der Waals surface area contributed by atoms with Gasteiger partial charge in [-0.1, -0.05) is 60.8 Å². The van der Waals surface area contributed by atoms with E-state index >= 15 is 0 Å². The number of phenolic OH excluding ortho intramolecular Hbond substituents is 1. The molecule has 1 aliphatic carbocycles. The number of hydrogen-bond acceptors (Lipinski definition) is 5. The first kappa shape index (κ1) is 32.4. The van der Waals surface area contributed by atoms with Gasteiger partial charge in [0.25, 0.3) is 5.91 Å². The SMILES string of the molecule is C#Cc1ccc(C(C(=O)Nc2c(C)cccc2Cl)N(C(=O)C(Cc2ccc(O)cc2)NC(=O)OC(C)(C)C)C2CC2C)cc1. The molecule has 9 heteroatoms. The molecular formula is C35H38ClN3O5. The van der Waals surface area contributed by atoms with E-state index in [1.807, 2.05) is 19.9 Å². The number of anilines is 1. The predicted molar refractivity (Wildman–Crippen MR) is 171 cm³/mol. The van der Waals surface area contributed by atoms with Gasteiger partial charge in [-0.3, -0.25) is 9.59 Å². The number of phenols is 1. The lowest BCUT2D eigenvalue weighted by atomic mass is 9.98. The van der Waals surface area contributed by atoms with Crippen molar-refractivity contribution in [3.05, 3.63) is 94.0 Å². The Bertz CT molecular complexity index is 1540. The Morgan fingerprint density at radius 3 is 2.27 bits per heavy atom. The number of nitrogens with zero attached hydrogens (tertiary/aromatic N) is 1. The standard InChI is InChI=1S/C35H38ClN3O5/c1-7-23-11-15-25(16-12-23)31(32(41)38-30-21(2)9-8-10-27(30)36)39(29-19-22(29)3)33(42)28(37-34(43)44-35(4,5)6)20-24-13-17-26(40)18-14-24/h1,8-18,22,28-29,31,40H,19-20H2,2-6H3,(H,37,43)(H,38,41). The average molecular weight is 616 g/mol. The summed E-state index contributed by atoms with van der Waals surface area (Å²) in [5.41, 5.74) is 2.31. The highest BCUT2D eigenvalue weighted by molar-refractivity contribution is 6.34. The Balaban J connectivity index is 1.78. The highest BCUT2D eigenvalue weighted by atomic mass is 35.5. The molecule has 4 rings (SSSR count). The van der Waals surface area contributed by atoms with Crippen LogP contribution in [-0.4, -0.2) is 45.6 Å². The van der Waals surface area contributed by atoms with Crippen LogP contribution in [0.1, 0.15) is 62.4 Å². The normalized spacial score (nSPS) is 17.0. The zero-order chi connectivity index (χ0) is 32.2. The molecule has 1 fully saturated rings. The molecule has 3 amide bonds. The second kappa shape index (κ2) is 13.4. The van der Waals surface area contributed by atoms with E-state index in [-0.39, 0.29) is 24.1 Å². The Morgan fingerprint density at radius 2 is 1.73 bits per heavy atom. The van der Waals surface area contributed by atoms with Crippen LogP contribution in [0.4, 0.5) is 10.5 Å². The van der Waals surface area contributed by atoms with Crippen molar-refractivity contribution in [2.75, 3.05) is 5.32 Å². The van der Waals surface area contributed by atoms with Gasteiger partial charge >= 0.3 is 6.09 Å². The van der Waals surface area contributed by atoms with Gasteiger partial charge < -0.3 is 25.4 Å². The highest BCUT2D eigenvalue weighted by Crippen LogP contribution is 2.41. The molecular weight excluding hydrogens is 578 g/mol. The lowest BCUT2D eigenvalue weighted by Gasteiger charge is -2.35. The van der Waals surface area contributed by atoms with Gasteiger partial charge in [-0.15, -0.1) is 6.42 Å². The van der Waals surface area contributed by atoms with Crippen molar-refractivity contribution in [3.63, 3.8) is 0 Å². The molecule has 1 aliphatic rings. The summed E-state index contributed by atoms with van der Waals surface area (Å²) in [6.07, 6.45) is 5.62. The van der Waals surface area contributed by atoms with Crippen LogP contribution < -0.4 is 10.6 Å². The maximum Gasteiger partial charge on any atom is 0.408 e. The van der Waals surface area contributed by atoms with Crippen LogP contribution in [0.15, 0.2) is 66.7 Å². The number of para-hydroxylation sites is 1. The van der Waals surface area contributed by atoms with E-state index in [2.05, 4.69) is 16.6 Å². The van der Waals surface area contributed by atoms with Crippen LogP contribution in [0.25, 0.3) is 0 Å². The first-order valence-corrected chi connectivity index (χ1v) is 14.9. The highest BCUT2D eigenvalue weighted by Gasteiger charge is 2.48. The van der Waals surface area contributed by atoms with Crippen molar-refractivity contribution in [1.82, 2.24) is 10.2 Å². The topological polar surface area (TPSA) is 108 Å². The minimum atomic E-state index is -1.08. The maximum absolute atomic E-state index is 14.6. The third kappa shape index (κ3) is 8.12. The van der Waals surface area contributed by atoms with Gasteiger partial charge in [0.2, 0.25) is 5.91 Å². The van der Waals surface area contributed by atoms with E-state index in [0.29, 0.717) is 33.8 Å². The monoisotopic (exact) mass is 615 g/mol. The number of hydrogen-bond donors (Lipinski definition) is 3. The molecule has 0 spiro atoms. The number of carbonyl (C=O) groups excluding carboxylic acids is 3. The van der Waals surface area contributed by atoms with Crippen LogP contribution >= 0.6 is 11.6 Å². The fraction of sp³-hybridized carbons (Fsp3) is 0.343. The van der Waals surface area contributed by atoms with E-state index < -0.39 is 35.6 Å². The number of nitrogens with one attached hydrogen (secondary N) is 2. The van der Waals surface area contributed by atoms with Crippen molar-refractivity contribution in [1.29, 1.82) is 0 Å². The molecule has 4 unspecified atom stereocenters. The number of aryl methyl sites for hydroxylation is 1. The number of terminal acetylenes is 1. The van der Waals surface area contributed by atoms with Gasteiger partial charge in [0.1, 0.15) is 23.4 Å². The largest absolute Gasteiger partial charge is 0.508 e. The lowest BCUT2D eigenvalue weighted by molar-refractivity contribution is -0.141. The smallest absolute Gasteiger partial charge is 0.408 e. The van der Waals surface area contributed by atoms with E-state index in [1.54, 1.807) is 74.2 Å². The van der Waals surface area contributed by atoms with Gasteiger partial charge in [-0.2, -0.15) is 0 Å². The van der Waals surface area contributed by atoms with E-state index in [1.165, 1.54) is 12.1 Å². The summed E-state index contributed by atoms with van der Waals surface area (Å²) in [5.74, 6) is 1.88. The molecule has 4 atom stereocenters. The molecule has 3 N–H and O–H groups in total. The lowest BCUT2D eigenvalue weighted by Crippen LogP contribution is -2.54. The second-order valence-corrected chi connectivity index (χ2v) is 12.6. The van der Waals surface area contributed by atoms with Crippen molar-refractivity contribution in [2.45, 2.75) is 71.2 Å². The van der Waals surface area contributed by atoms with Gasteiger partial charge in [-0.25, -0.2) is 4.79 Å². The number of rotatable bonds is 9. The van der Waals surface area contributed by atoms with Crippen LogP contribution in [0.5, 0.6) is 5.75 Å². The number of halogens is 1. The Morgan fingerprint density at radius 1 is 1.09 bits per heavy atom. The zero-order valence-electron chi connectivity index (χ0n) is 25.6. The molecule has 3 aromatic rings. The summed E-state index contributed by atoms with van der Waals surface area (Å²) < 4.78 is 5.50. The van der Waals surface area contributed by atoms with E-state index in [4.69, 9.17) is 22.8 Å². The molecule has 0 saturated heterocycles. The van der Waals surface area contributed by atoms with Gasteiger partial charge in [0.15, 0.2) is 0 Å². The third-order valence-corrected chi connectivity index (χ3v) is 7.75. The van der Waals surface area contributed by atoms with Crippen molar-refractivity contribution >= 4 is 35.2 Å². The van der Waals surface area contributed by atoms with Crippen molar-refractivity contribution < 1.29 is 24.2 Å². The van der Waals surface area contributed by atoms with Crippen molar-refractivity contribution in [3.8, 4) is 18.1 Å². The van der Waals surface area contributed by atoms with Crippen LogP contribution in [0, 0.1) is 25.2 Å². The van der Waals surface area contributed by atoms with Crippen LogP contribution in [-0.2, 0) is 20.7 Å². The molecule has 0 aliphatic heterocycles. The van der Waals surface area contributed by atoms with Gasteiger partial charge in [-0.05, 0) is 87.1 Å².